The molecule has 1 amide bonds. The first-order chi connectivity index (χ1) is 14.0. The van der Waals surface area contributed by atoms with Gasteiger partial charge in [-0.15, -0.1) is 0 Å². The predicted molar refractivity (Wildman–Crippen MR) is 111 cm³/mol. The van der Waals surface area contributed by atoms with Crippen LogP contribution in [0.4, 0.5) is 4.39 Å². The quantitative estimate of drug-likeness (QED) is 0.780. The van der Waals surface area contributed by atoms with Crippen LogP contribution >= 0.6 is 0 Å². The Morgan fingerprint density at radius 2 is 1.83 bits per heavy atom. The fourth-order valence-electron chi connectivity index (χ4n) is 4.62. The molecule has 2 aromatic rings. The van der Waals surface area contributed by atoms with Crippen molar-refractivity contribution in [1.29, 1.82) is 0 Å². The van der Waals surface area contributed by atoms with E-state index in [9.17, 15) is 9.18 Å². The summed E-state index contributed by atoms with van der Waals surface area (Å²) in [7, 11) is 2.20. The van der Waals surface area contributed by atoms with Crippen molar-refractivity contribution < 1.29 is 13.9 Å². The molecule has 1 unspecified atom stereocenters. The molecule has 4 nitrogen and oxygen atoms in total. The minimum atomic E-state index is -0.319. The van der Waals surface area contributed by atoms with Crippen LogP contribution in [0.25, 0.3) is 0 Å². The Labute approximate surface area is 172 Å². The zero-order valence-electron chi connectivity index (χ0n) is 17.0. The van der Waals surface area contributed by atoms with Gasteiger partial charge in [0.05, 0.1) is 5.60 Å². The van der Waals surface area contributed by atoms with Gasteiger partial charge in [-0.05, 0) is 62.6 Å². The van der Waals surface area contributed by atoms with Gasteiger partial charge >= 0.3 is 0 Å². The van der Waals surface area contributed by atoms with E-state index < -0.39 is 0 Å². The highest BCUT2D eigenvalue weighted by Gasteiger charge is 2.42. The molecule has 5 heteroatoms. The first kappa shape index (κ1) is 20.0. The second kappa shape index (κ2) is 8.64. The molecule has 0 bridgehead atoms. The average Bonchev–Trinajstić information content (AvgIpc) is 2.75. The van der Waals surface area contributed by atoms with Gasteiger partial charge in [0.25, 0.3) is 5.91 Å². The van der Waals surface area contributed by atoms with E-state index in [0.29, 0.717) is 24.7 Å². The van der Waals surface area contributed by atoms with Gasteiger partial charge in [0.2, 0.25) is 0 Å². The lowest BCUT2D eigenvalue weighted by atomic mass is 9.81. The summed E-state index contributed by atoms with van der Waals surface area (Å²) in [5.41, 5.74) is 1.75. The third kappa shape index (κ3) is 4.68. The van der Waals surface area contributed by atoms with Gasteiger partial charge in [-0.25, -0.2) is 4.39 Å². The molecule has 0 aliphatic carbocycles. The number of benzene rings is 2. The van der Waals surface area contributed by atoms with Gasteiger partial charge in [-0.3, -0.25) is 9.69 Å². The first-order valence-corrected chi connectivity index (χ1v) is 10.5. The number of carbonyl (C=O) groups is 1. The number of hydrogen-bond donors (Lipinski definition) is 0. The van der Waals surface area contributed by atoms with Crippen LogP contribution in [-0.2, 0) is 11.3 Å². The van der Waals surface area contributed by atoms with Gasteiger partial charge in [-0.2, -0.15) is 0 Å². The fourth-order valence-corrected chi connectivity index (χ4v) is 4.62. The molecule has 29 heavy (non-hydrogen) atoms. The average molecular weight is 397 g/mol. The molecular weight excluding hydrogens is 367 g/mol. The van der Waals surface area contributed by atoms with Gasteiger partial charge in [-0.1, -0.05) is 30.3 Å². The number of nitrogens with zero attached hydrogens (tertiary/aromatic N) is 2. The smallest absolute Gasteiger partial charge is 0.253 e. The van der Waals surface area contributed by atoms with Crippen molar-refractivity contribution in [2.45, 2.75) is 43.9 Å². The minimum Gasteiger partial charge on any atom is -0.375 e. The topological polar surface area (TPSA) is 32.8 Å². The van der Waals surface area contributed by atoms with Crippen LogP contribution < -0.4 is 0 Å². The number of ether oxygens (including phenoxy) is 1. The molecule has 2 aromatic carbocycles. The van der Waals surface area contributed by atoms with Crippen molar-refractivity contribution in [3.8, 4) is 0 Å². The Morgan fingerprint density at radius 1 is 1.14 bits per heavy atom. The molecule has 0 radical (unpaired) electrons. The summed E-state index contributed by atoms with van der Waals surface area (Å²) < 4.78 is 19.4. The van der Waals surface area contributed by atoms with Crippen molar-refractivity contribution in [3.05, 3.63) is 71.5 Å². The zero-order chi connectivity index (χ0) is 20.3. The molecule has 1 spiro atoms. The highest BCUT2D eigenvalue weighted by Crippen LogP contribution is 2.37. The monoisotopic (exact) mass is 396 g/mol. The summed E-state index contributed by atoms with van der Waals surface area (Å²) >= 11 is 0. The minimum absolute atomic E-state index is 0.0200. The van der Waals surface area contributed by atoms with Crippen molar-refractivity contribution in [2.24, 2.45) is 0 Å². The summed E-state index contributed by atoms with van der Waals surface area (Å²) in [6.07, 6.45) is 3.77. The van der Waals surface area contributed by atoms with E-state index in [0.717, 1.165) is 38.8 Å². The zero-order valence-corrected chi connectivity index (χ0v) is 17.0. The second-order valence-electron chi connectivity index (χ2n) is 8.38. The van der Waals surface area contributed by atoms with Crippen LogP contribution in [0, 0.1) is 5.82 Å². The summed E-state index contributed by atoms with van der Waals surface area (Å²) in [5, 5.41) is 0. The third-order valence-electron chi connectivity index (χ3n) is 6.42. The molecule has 1 atom stereocenters. The van der Waals surface area contributed by atoms with Crippen molar-refractivity contribution in [2.75, 3.05) is 26.7 Å². The maximum atomic E-state index is 13.1. The second-order valence-corrected chi connectivity index (χ2v) is 8.38. The Kier molecular flexibility index (Phi) is 5.97. The lowest BCUT2D eigenvalue weighted by molar-refractivity contribution is -0.128. The highest BCUT2D eigenvalue weighted by molar-refractivity contribution is 5.94. The number of halogens is 1. The molecule has 2 saturated heterocycles. The Balaban J connectivity index is 1.35. The van der Waals surface area contributed by atoms with E-state index >= 15 is 0 Å². The van der Waals surface area contributed by atoms with Crippen molar-refractivity contribution in [3.63, 3.8) is 0 Å². The van der Waals surface area contributed by atoms with E-state index in [1.54, 1.807) is 12.1 Å². The molecule has 154 valence electrons. The molecule has 2 fully saturated rings. The fraction of sp³-hybridized carbons (Fsp3) is 0.458. The lowest BCUT2D eigenvalue weighted by Gasteiger charge is -2.48. The van der Waals surface area contributed by atoms with Crippen LogP contribution in [-0.4, -0.2) is 54.1 Å². The van der Waals surface area contributed by atoms with E-state index in [-0.39, 0.29) is 17.3 Å². The van der Waals surface area contributed by atoms with Crippen LogP contribution in [0.3, 0.4) is 0 Å². The van der Waals surface area contributed by atoms with E-state index in [1.807, 2.05) is 11.0 Å². The molecule has 4 rings (SSSR count). The number of piperidine rings is 1. The normalized spacial score (nSPS) is 21.5. The lowest BCUT2D eigenvalue weighted by Crippen LogP contribution is -2.54. The summed E-state index contributed by atoms with van der Waals surface area (Å²) in [5.74, 6) is -0.339. The van der Waals surface area contributed by atoms with Crippen LogP contribution in [0.2, 0.25) is 0 Å². The third-order valence-corrected chi connectivity index (χ3v) is 6.42. The van der Waals surface area contributed by atoms with Crippen LogP contribution in [0.5, 0.6) is 0 Å². The number of carbonyl (C=O) groups excluding carboxylic acids is 1. The van der Waals surface area contributed by atoms with Crippen molar-refractivity contribution >= 4 is 5.91 Å². The maximum Gasteiger partial charge on any atom is 0.253 e. The molecule has 2 aliphatic heterocycles. The number of amides is 1. The van der Waals surface area contributed by atoms with Crippen molar-refractivity contribution in [1.82, 2.24) is 9.80 Å². The van der Waals surface area contributed by atoms with E-state index in [2.05, 4.69) is 36.2 Å². The van der Waals surface area contributed by atoms with Crippen LogP contribution in [0.1, 0.15) is 41.6 Å². The molecule has 0 N–H and O–H groups in total. The Hall–Kier alpha value is -2.24. The molecular formula is C24H29FN2O2. The molecule has 0 aromatic heterocycles. The van der Waals surface area contributed by atoms with Gasteiger partial charge < -0.3 is 9.64 Å². The summed E-state index contributed by atoms with van der Waals surface area (Å²) in [6.45, 7) is 3.09. The Morgan fingerprint density at radius 3 is 2.52 bits per heavy atom. The van der Waals surface area contributed by atoms with E-state index in [4.69, 9.17) is 4.74 Å². The van der Waals surface area contributed by atoms with Gasteiger partial charge in [0.15, 0.2) is 0 Å². The van der Waals surface area contributed by atoms with Gasteiger partial charge in [0.1, 0.15) is 5.82 Å². The first-order valence-electron chi connectivity index (χ1n) is 10.5. The standard InChI is InChI=1S/C24H29FN2O2/c1-26(18-19-5-3-2-4-6-19)22-11-16-29-24(17-22)12-14-27(15-13-24)23(28)20-7-9-21(25)10-8-20/h2-10,22H,11-18H2,1H3. The van der Waals surface area contributed by atoms with E-state index in [1.165, 1.54) is 17.7 Å². The highest BCUT2D eigenvalue weighted by atomic mass is 19.1. The Bertz CT molecular complexity index is 817. The number of rotatable bonds is 4. The summed E-state index contributed by atoms with van der Waals surface area (Å²) in [6, 6.07) is 16.9. The molecule has 2 heterocycles. The SMILES string of the molecule is CN(Cc1ccccc1)C1CCOC2(CCN(C(=O)c3ccc(F)cc3)CC2)C1. The van der Waals surface area contributed by atoms with Crippen LogP contribution in [0.15, 0.2) is 54.6 Å². The molecule has 2 aliphatic rings. The number of hydrogen-bond acceptors (Lipinski definition) is 3. The predicted octanol–water partition coefficient (Wildman–Crippen LogP) is 4.11. The van der Waals surface area contributed by atoms with Gasteiger partial charge in [0, 0.05) is 37.8 Å². The largest absolute Gasteiger partial charge is 0.375 e. The summed E-state index contributed by atoms with van der Waals surface area (Å²) in [4.78, 5) is 17.0. The molecule has 0 saturated carbocycles. The maximum absolute atomic E-state index is 13.1. The number of likely N-dealkylation sites (tertiary alicyclic amines) is 1.